The summed E-state index contributed by atoms with van der Waals surface area (Å²) in [6.07, 6.45) is 0.635. The van der Waals surface area contributed by atoms with Gasteiger partial charge in [-0.1, -0.05) is 0 Å². The van der Waals surface area contributed by atoms with Crippen molar-refractivity contribution in [2.75, 3.05) is 33.3 Å². The summed E-state index contributed by atoms with van der Waals surface area (Å²) < 4.78 is 4.99. The van der Waals surface area contributed by atoms with Gasteiger partial charge in [0.2, 0.25) is 5.91 Å². The van der Waals surface area contributed by atoms with E-state index in [2.05, 4.69) is 24.1 Å². The lowest BCUT2D eigenvalue weighted by Crippen LogP contribution is -2.42. The summed E-state index contributed by atoms with van der Waals surface area (Å²) in [6, 6.07) is 0.589. The van der Waals surface area contributed by atoms with Crippen molar-refractivity contribution in [2.24, 2.45) is 11.7 Å². The minimum Gasteiger partial charge on any atom is -0.370 e. The molecule has 0 aromatic heterocycles. The highest BCUT2D eigenvalue weighted by atomic mass is 16.5. The van der Waals surface area contributed by atoms with Crippen LogP contribution in [0.3, 0.4) is 0 Å². The molecule has 1 rings (SSSR count). The maximum atomic E-state index is 11.6. The molecule has 0 bridgehead atoms. The fourth-order valence-electron chi connectivity index (χ4n) is 2.17. The van der Waals surface area contributed by atoms with Crippen LogP contribution in [0.5, 0.6) is 0 Å². The molecular weight excluding hydrogens is 218 g/mol. The number of likely N-dealkylation sites (tertiary alicyclic amines) is 1. The van der Waals surface area contributed by atoms with Gasteiger partial charge in [0.15, 0.2) is 0 Å². The van der Waals surface area contributed by atoms with Crippen molar-refractivity contribution in [3.63, 3.8) is 0 Å². The summed E-state index contributed by atoms with van der Waals surface area (Å²) in [7, 11) is 1.51. The van der Waals surface area contributed by atoms with Crippen molar-refractivity contribution >= 4 is 5.91 Å². The first-order valence-corrected chi connectivity index (χ1v) is 6.33. The number of carbonyl (C=O) groups is 1. The summed E-state index contributed by atoms with van der Waals surface area (Å²) in [6.45, 7) is 7.56. The van der Waals surface area contributed by atoms with Crippen LogP contribution in [0.2, 0.25) is 0 Å². The molecule has 0 spiro atoms. The van der Waals surface area contributed by atoms with Crippen molar-refractivity contribution < 1.29 is 9.53 Å². The third-order valence-corrected chi connectivity index (χ3v) is 3.40. The van der Waals surface area contributed by atoms with Gasteiger partial charge in [-0.2, -0.15) is 0 Å². The molecule has 0 aromatic rings. The molecule has 17 heavy (non-hydrogen) atoms. The number of ether oxygens (including phenoxy) is 1. The highest BCUT2D eigenvalue weighted by Gasteiger charge is 2.25. The van der Waals surface area contributed by atoms with Crippen LogP contribution >= 0.6 is 0 Å². The standard InChI is InChI=1S/C12H25N3O2/c1-9(2)15-5-4-10(8-15)7-14-12(16)11(6-13)17-3/h9-11H,4-8,13H2,1-3H3,(H,14,16). The second-order valence-electron chi connectivity index (χ2n) is 4.95. The largest absolute Gasteiger partial charge is 0.370 e. The number of nitrogens with one attached hydrogen (secondary N) is 1. The lowest BCUT2D eigenvalue weighted by molar-refractivity contribution is -0.130. The van der Waals surface area contributed by atoms with E-state index in [1.54, 1.807) is 0 Å². The Hall–Kier alpha value is -0.650. The summed E-state index contributed by atoms with van der Waals surface area (Å²) in [5, 5.41) is 2.92. The third kappa shape index (κ3) is 4.26. The minimum atomic E-state index is -0.516. The van der Waals surface area contributed by atoms with Crippen LogP contribution in [-0.4, -0.2) is 56.2 Å². The second-order valence-corrected chi connectivity index (χ2v) is 4.95. The lowest BCUT2D eigenvalue weighted by atomic mass is 10.1. The maximum Gasteiger partial charge on any atom is 0.250 e. The lowest BCUT2D eigenvalue weighted by Gasteiger charge is -2.20. The Kier molecular flexibility index (Phi) is 5.88. The monoisotopic (exact) mass is 243 g/mol. The van der Waals surface area contributed by atoms with Crippen LogP contribution in [0.1, 0.15) is 20.3 Å². The van der Waals surface area contributed by atoms with E-state index in [0.29, 0.717) is 12.0 Å². The van der Waals surface area contributed by atoms with Gasteiger partial charge in [-0.3, -0.25) is 4.79 Å². The molecule has 0 radical (unpaired) electrons. The fourth-order valence-corrected chi connectivity index (χ4v) is 2.17. The molecule has 100 valence electrons. The van der Waals surface area contributed by atoms with Gasteiger partial charge in [0.25, 0.3) is 0 Å². The molecule has 1 amide bonds. The van der Waals surface area contributed by atoms with E-state index < -0.39 is 6.10 Å². The first kappa shape index (κ1) is 14.4. The van der Waals surface area contributed by atoms with E-state index in [1.165, 1.54) is 7.11 Å². The van der Waals surface area contributed by atoms with Crippen LogP contribution in [0.4, 0.5) is 0 Å². The molecular formula is C12H25N3O2. The summed E-state index contributed by atoms with van der Waals surface area (Å²) in [5.41, 5.74) is 5.44. The molecule has 2 atom stereocenters. The van der Waals surface area contributed by atoms with Gasteiger partial charge in [-0.25, -0.2) is 0 Å². The molecule has 0 saturated carbocycles. The van der Waals surface area contributed by atoms with Gasteiger partial charge in [-0.05, 0) is 32.7 Å². The average molecular weight is 243 g/mol. The van der Waals surface area contributed by atoms with Crippen LogP contribution in [0, 0.1) is 5.92 Å². The quantitative estimate of drug-likeness (QED) is 0.678. The van der Waals surface area contributed by atoms with E-state index in [9.17, 15) is 4.79 Å². The van der Waals surface area contributed by atoms with Gasteiger partial charge in [0.05, 0.1) is 0 Å². The average Bonchev–Trinajstić information content (AvgIpc) is 2.76. The predicted octanol–water partition coefficient (Wildman–Crippen LogP) is -0.193. The van der Waals surface area contributed by atoms with Crippen LogP contribution in [-0.2, 0) is 9.53 Å². The molecule has 3 N–H and O–H groups in total. The highest BCUT2D eigenvalue weighted by molar-refractivity contribution is 5.80. The normalized spacial score (nSPS) is 23.0. The summed E-state index contributed by atoms with van der Waals surface area (Å²) in [5.74, 6) is 0.453. The van der Waals surface area contributed by atoms with Crippen molar-refractivity contribution in [2.45, 2.75) is 32.4 Å². The number of hydrogen-bond acceptors (Lipinski definition) is 4. The third-order valence-electron chi connectivity index (χ3n) is 3.40. The Morgan fingerprint density at radius 1 is 1.59 bits per heavy atom. The van der Waals surface area contributed by atoms with Crippen LogP contribution < -0.4 is 11.1 Å². The second kappa shape index (κ2) is 6.93. The Morgan fingerprint density at radius 2 is 2.29 bits per heavy atom. The molecule has 5 nitrogen and oxygen atoms in total. The molecule has 2 unspecified atom stereocenters. The fraction of sp³-hybridized carbons (Fsp3) is 0.917. The molecule has 1 heterocycles. The maximum absolute atomic E-state index is 11.6. The number of methoxy groups -OCH3 is 1. The topological polar surface area (TPSA) is 67.6 Å². The van der Waals surface area contributed by atoms with E-state index in [0.717, 1.165) is 26.1 Å². The SMILES string of the molecule is COC(CN)C(=O)NCC1CCN(C(C)C)C1. The number of amides is 1. The first-order chi connectivity index (χ1) is 8.08. The van der Waals surface area contributed by atoms with Crippen molar-refractivity contribution in [3.05, 3.63) is 0 Å². The van der Waals surface area contributed by atoms with Gasteiger partial charge in [0.1, 0.15) is 6.10 Å². The van der Waals surface area contributed by atoms with Crippen molar-refractivity contribution in [3.8, 4) is 0 Å². The van der Waals surface area contributed by atoms with E-state index in [-0.39, 0.29) is 12.5 Å². The molecule has 1 fully saturated rings. The Bertz CT molecular complexity index is 242. The van der Waals surface area contributed by atoms with Gasteiger partial charge >= 0.3 is 0 Å². The number of hydrogen-bond donors (Lipinski definition) is 2. The van der Waals surface area contributed by atoms with Crippen LogP contribution in [0.25, 0.3) is 0 Å². The Balaban J connectivity index is 2.26. The van der Waals surface area contributed by atoms with Gasteiger partial charge in [0, 0.05) is 32.8 Å². The van der Waals surface area contributed by atoms with Gasteiger partial charge in [-0.15, -0.1) is 0 Å². The number of carbonyl (C=O) groups excluding carboxylic acids is 1. The highest BCUT2D eigenvalue weighted by Crippen LogP contribution is 2.17. The molecule has 0 aliphatic carbocycles. The summed E-state index contributed by atoms with van der Waals surface area (Å²) in [4.78, 5) is 14.1. The smallest absolute Gasteiger partial charge is 0.250 e. The van der Waals surface area contributed by atoms with Crippen LogP contribution in [0.15, 0.2) is 0 Å². The number of nitrogens with two attached hydrogens (primary N) is 1. The molecule has 0 aromatic carbocycles. The first-order valence-electron chi connectivity index (χ1n) is 6.33. The molecule has 5 heteroatoms. The van der Waals surface area contributed by atoms with Crippen molar-refractivity contribution in [1.29, 1.82) is 0 Å². The Labute approximate surface area is 104 Å². The summed E-state index contributed by atoms with van der Waals surface area (Å²) >= 11 is 0. The van der Waals surface area contributed by atoms with Gasteiger partial charge < -0.3 is 20.7 Å². The Morgan fingerprint density at radius 3 is 2.76 bits per heavy atom. The van der Waals surface area contributed by atoms with E-state index >= 15 is 0 Å². The number of nitrogens with zero attached hydrogens (tertiary/aromatic N) is 1. The predicted molar refractivity (Wildman–Crippen MR) is 67.7 cm³/mol. The molecule has 1 saturated heterocycles. The zero-order valence-electron chi connectivity index (χ0n) is 11.1. The van der Waals surface area contributed by atoms with E-state index in [1.807, 2.05) is 0 Å². The molecule has 1 aliphatic heterocycles. The minimum absolute atomic E-state index is 0.0991. The number of rotatable bonds is 6. The molecule has 1 aliphatic rings. The van der Waals surface area contributed by atoms with Crippen molar-refractivity contribution in [1.82, 2.24) is 10.2 Å². The zero-order chi connectivity index (χ0) is 12.8. The zero-order valence-corrected chi connectivity index (χ0v) is 11.1. The van der Waals surface area contributed by atoms with E-state index in [4.69, 9.17) is 10.5 Å².